The van der Waals surface area contributed by atoms with E-state index in [-0.39, 0.29) is 93.8 Å². The van der Waals surface area contributed by atoms with Crippen LogP contribution in [0.15, 0.2) is 91.6 Å². The predicted molar refractivity (Wildman–Crippen MR) is 516 cm³/mol. The third-order valence-electron chi connectivity index (χ3n) is 24.0. The van der Waals surface area contributed by atoms with Gasteiger partial charge in [-0.1, -0.05) is 77.8 Å². The molecule has 0 bridgehead atoms. The number of fused-ring (bicyclic) bond motifs is 2. The molecule has 7 aliphatic rings. The number of hydrogen-bond donors (Lipinski definition) is 9. The molecule has 0 aliphatic carbocycles. The van der Waals surface area contributed by atoms with E-state index < -0.39 is 298 Å². The van der Waals surface area contributed by atoms with Gasteiger partial charge in [-0.2, -0.15) is 19.9 Å². The van der Waals surface area contributed by atoms with Crippen LogP contribution in [0.5, 0.6) is 0 Å². The molecular weight excluding hydrogens is 2220 g/mol. The van der Waals surface area contributed by atoms with E-state index in [1.54, 1.807) is 13.8 Å². The zero-order valence-electron chi connectivity index (χ0n) is 76.7. The number of aromatic nitrogens is 18. The second-order valence-corrected chi connectivity index (χ2v) is 53.1. The van der Waals surface area contributed by atoms with Gasteiger partial charge < -0.3 is 161 Å². The van der Waals surface area contributed by atoms with Gasteiger partial charge in [0.05, 0.1) is 101 Å². The Morgan fingerprint density at radius 1 is 0.356 bits per heavy atom. The molecule has 16 heterocycles. The third kappa shape index (κ3) is 26.2. The maximum Gasteiger partial charge on any atom is 0.351 e. The number of ether oxygens (including phenoxy) is 7. The molecule has 13 N–H and O–H groups in total. The van der Waals surface area contributed by atoms with Gasteiger partial charge in [0.15, 0.2) is 29.1 Å². The lowest BCUT2D eigenvalue weighted by molar-refractivity contribution is -0.221. The quantitative estimate of drug-likeness (QED) is 0.0132. The van der Waals surface area contributed by atoms with Gasteiger partial charge in [-0.15, -0.1) is 0 Å². The molecule has 74 heteroatoms. The summed E-state index contributed by atoms with van der Waals surface area (Å²) in [6, 6.07) is 0. The van der Waals surface area contributed by atoms with Crippen molar-refractivity contribution in [3.63, 3.8) is 0 Å². The van der Waals surface area contributed by atoms with Crippen molar-refractivity contribution in [3.05, 3.63) is 176 Å². The monoisotopic (exact) mass is 2310 g/mol. The summed E-state index contributed by atoms with van der Waals surface area (Å²) in [6.07, 6.45) is -23.4. The molecule has 0 spiro atoms. The minimum atomic E-state index is -5.11. The number of aromatic amines is 5. The standard InChI is InChI=1S/C72H97N22O38P7S7/c1-8-34-35(9-48(119-34)88-16-29(2)57(73)79-68(88)100)127-134(106,141)113-22-44-38(11-50(121-44)90-18-31(4)61(95)85-70(90)102)129-136(108,143)115-23-43-37(10-49(120-43)89-17-30(3)58(74)80-69(89)101)128-135(107,142)116-24-45-39(12-51(122-45)91-19-32(5)62(96)86-71(91)103)130-137(109,144)117-25-46-40(13-52(123-46)92-20-33(6)63(97)87-72(92)104)131-138(110,145)118-26-47-41(15-54(125-47)94-28-78-56-60(94)82-67(76)84-65(56)99)132-139(111,146)114-21-42-36(126-133(105,140)112-7)14-53(124-42)93-27-77-55-59(93)81-66(75)83-64(55)98/h16-20,27-28,34-54H,8-15,21-26H2,1-7H3,(H,105,140)(H,106,141)(H,107,142)(H,108,143)(H,109,144)(H,110,145)(H,111,146)(H2,73,79,100)(H2,74,80,101)(H,85,95,102)(H,86,96,103)(H,87,97,104)(H3,75,81,83,98)(H3,76,82,84,99)/p-7/t34-,35-,36-,37-,38-,39-,40-,41-,42-,43-,44-,45-,46-,47-,48-,49-,50-,51-,52-,53-,54-,133?,134?,135?,136?,137?,138?,139?/m1/s1. The van der Waals surface area contributed by atoms with E-state index in [1.165, 1.54) is 66.3 Å². The average Bonchev–Trinajstić information content (AvgIpc) is 1.62. The first kappa shape index (κ1) is 112. The van der Waals surface area contributed by atoms with Gasteiger partial charge in [0, 0.05) is 111 Å². The van der Waals surface area contributed by atoms with Crippen LogP contribution in [-0.2, 0) is 184 Å². The number of imidazole rings is 2. The number of nitrogen functional groups attached to an aromatic ring is 4. The fourth-order valence-corrected chi connectivity index (χ4v) is 26.5. The molecule has 7 aliphatic heterocycles. The van der Waals surface area contributed by atoms with Crippen LogP contribution in [0.3, 0.4) is 0 Å². The van der Waals surface area contributed by atoms with Crippen molar-refractivity contribution in [1.82, 2.24) is 86.8 Å². The molecule has 0 saturated carbocycles. The van der Waals surface area contributed by atoms with Crippen LogP contribution in [-0.4, -0.2) is 219 Å². The average molecular weight is 2310 g/mol. The van der Waals surface area contributed by atoms with Crippen molar-refractivity contribution < 1.29 is 130 Å². The highest BCUT2D eigenvalue weighted by Gasteiger charge is 2.50. The van der Waals surface area contributed by atoms with Crippen LogP contribution < -0.4 is 109 Å². The van der Waals surface area contributed by atoms with Crippen LogP contribution in [0.2, 0.25) is 0 Å². The molecule has 800 valence electrons. The van der Waals surface area contributed by atoms with Crippen molar-refractivity contribution in [2.45, 2.75) is 222 Å². The molecule has 0 aromatic carbocycles. The molecule has 60 nitrogen and oxygen atoms in total. The first-order chi connectivity index (χ1) is 68.5. The number of rotatable bonds is 41. The van der Waals surface area contributed by atoms with Gasteiger partial charge in [0.25, 0.3) is 27.8 Å². The molecular formula is C72H90N22O38P7S7-7. The molecule has 9 aromatic heterocycles. The molecule has 16 rings (SSSR count). The van der Waals surface area contributed by atoms with Crippen molar-refractivity contribution in [1.29, 1.82) is 0 Å². The molecule has 146 heavy (non-hydrogen) atoms. The van der Waals surface area contributed by atoms with Crippen molar-refractivity contribution >= 4 is 176 Å². The Bertz CT molecular complexity index is 7520. The summed E-state index contributed by atoms with van der Waals surface area (Å²) in [5.41, 5.74) is 15.3. The van der Waals surface area contributed by atoms with Crippen molar-refractivity contribution in [2.75, 3.05) is 69.7 Å². The Morgan fingerprint density at radius 2 is 0.603 bits per heavy atom. The maximum absolute atomic E-state index is 14.9. The molecule has 9 aromatic rings. The molecule has 0 radical (unpaired) electrons. The summed E-state index contributed by atoms with van der Waals surface area (Å²) in [5.74, 6) is -0.795. The Kier molecular flexibility index (Phi) is 34.2. The smallest absolute Gasteiger partial charge is 0.351 e. The highest BCUT2D eigenvalue weighted by molar-refractivity contribution is 8.32. The Hall–Kier alpha value is -6.90. The van der Waals surface area contributed by atoms with Crippen LogP contribution in [0, 0.1) is 34.6 Å². The minimum Gasteiger partial charge on any atom is -0.780 e. The Balaban J connectivity index is 0.606. The molecule has 0 amide bonds. The normalized spacial score (nSPS) is 29.4. The number of nitrogens with one attached hydrogen (secondary N) is 5. The second-order valence-electron chi connectivity index (χ2n) is 34.0. The van der Waals surface area contributed by atoms with Gasteiger partial charge in [-0.25, -0.2) is 33.9 Å². The van der Waals surface area contributed by atoms with Gasteiger partial charge in [-0.05, 0) is 41.0 Å². The number of nitrogens with zero attached hydrogens (tertiary/aromatic N) is 13. The van der Waals surface area contributed by atoms with Gasteiger partial charge in [0.1, 0.15) is 132 Å². The molecule has 7 unspecified atom stereocenters. The lowest BCUT2D eigenvalue weighted by Crippen LogP contribution is -2.34. The lowest BCUT2D eigenvalue weighted by Gasteiger charge is -2.36. The number of anilines is 4. The largest absolute Gasteiger partial charge is 0.780 e. The highest BCUT2D eigenvalue weighted by atomic mass is 32.7. The first-order valence-electron chi connectivity index (χ1n) is 43.6. The van der Waals surface area contributed by atoms with E-state index in [9.17, 15) is 81.9 Å². The Labute approximate surface area is 855 Å². The number of aryl methyl sites for hydroxylation is 5. The van der Waals surface area contributed by atoms with E-state index in [4.69, 9.17) is 203 Å². The van der Waals surface area contributed by atoms with Crippen molar-refractivity contribution in [3.8, 4) is 0 Å². The highest BCUT2D eigenvalue weighted by Crippen LogP contribution is 2.57. The number of nitrogens with two attached hydrogens (primary N) is 4. The summed E-state index contributed by atoms with van der Waals surface area (Å²) in [4.78, 5) is 253. The summed E-state index contributed by atoms with van der Waals surface area (Å²) in [6.45, 7) is -30.3. The van der Waals surface area contributed by atoms with E-state index in [0.29, 0.717) is 5.56 Å². The molecule has 7 fully saturated rings. The maximum atomic E-state index is 14.9. The fourth-order valence-electron chi connectivity index (χ4n) is 16.8. The van der Waals surface area contributed by atoms with Crippen LogP contribution >= 0.6 is 47.1 Å². The lowest BCUT2D eigenvalue weighted by atomic mass is 10.1. The molecule has 7 saturated heterocycles. The van der Waals surface area contributed by atoms with Gasteiger partial charge >= 0.3 is 28.4 Å². The SMILES string of the molecule is CC[C@H]1O[C@@H](n2cc(C)c(N)nc2=O)C[C@H]1OP([O-])(=S)OC[C@H]1O[C@@H](n2cc(C)c(=O)[nH]c2=O)C[C@H]1OP(=O)([S-])OC[C@H]1O[C@@H](n2cc(C)c(N)nc2=O)C[C@H]1OP([O-])(=S)OC[C@H]1O[C@@H](n2cc(C)c(=O)[nH]c2=O)C[C@H]1OP([O-])(=S)OC[C@H]1O[C@@H](n2cc(C)c(=O)[nH]c2=O)C[C@H]1OP([O-])(=S)OC[C@H]1O[C@@H](n2cnc3c(=O)[nH]c(N)nc32)C[C@H]1OP([O-])(=S)OC[C@H]1O[C@@H](n2cnc3c(=O)[nH]c(N)nc32)C[C@H]1OP([O-])(=S)OC. The van der Waals surface area contributed by atoms with Gasteiger partial charge in [0.2, 0.25) is 11.9 Å². The summed E-state index contributed by atoms with van der Waals surface area (Å²) < 4.78 is 147. The fraction of sp³-hybridized carbons (Fsp3) is 0.583. The van der Waals surface area contributed by atoms with Gasteiger partial charge in [-0.3, -0.25) is 85.4 Å². The van der Waals surface area contributed by atoms with Crippen LogP contribution in [0.4, 0.5) is 23.5 Å². The summed E-state index contributed by atoms with van der Waals surface area (Å²) in [7, 11) is 1.03. The minimum absolute atomic E-state index is 0.00499. The zero-order valence-corrected chi connectivity index (χ0v) is 88.7. The molecule has 28 atom stereocenters. The van der Waals surface area contributed by atoms with E-state index in [0.717, 1.165) is 44.1 Å². The van der Waals surface area contributed by atoms with E-state index in [2.05, 4.69) is 54.8 Å². The van der Waals surface area contributed by atoms with Crippen LogP contribution in [0.25, 0.3) is 22.3 Å². The summed E-state index contributed by atoms with van der Waals surface area (Å²) in [5, 5.41) is 0. The predicted octanol–water partition coefficient (Wildman–Crippen LogP) is -3.68. The van der Waals surface area contributed by atoms with E-state index in [1.807, 2.05) is 0 Å². The zero-order chi connectivity index (χ0) is 105. The van der Waals surface area contributed by atoms with Crippen LogP contribution in [0.1, 0.15) is 130 Å². The van der Waals surface area contributed by atoms with Crippen molar-refractivity contribution in [2.24, 2.45) is 0 Å². The first-order valence-corrected chi connectivity index (χ1v) is 61.5. The number of H-pyrrole nitrogens is 5. The summed E-state index contributed by atoms with van der Waals surface area (Å²) >= 11 is 37.8. The number of hydrogen-bond acceptors (Lipinski definition) is 55. The topological polar surface area (TPSA) is 815 Å². The van der Waals surface area contributed by atoms with E-state index >= 15 is 0 Å². The third-order valence-corrected chi connectivity index (χ3v) is 35.1. The Morgan fingerprint density at radius 3 is 0.890 bits per heavy atom. The second kappa shape index (κ2) is 44.7.